The summed E-state index contributed by atoms with van der Waals surface area (Å²) < 4.78 is 7.78. The number of hydrogen-bond donors (Lipinski definition) is 1. The van der Waals surface area contributed by atoms with Crippen LogP contribution in [0.25, 0.3) is 0 Å². The zero-order chi connectivity index (χ0) is 19.0. The molecule has 6 heteroatoms. The topological polar surface area (TPSA) is 42.3 Å². The van der Waals surface area contributed by atoms with Crippen molar-refractivity contribution in [2.24, 2.45) is 0 Å². The second-order valence-electron chi connectivity index (χ2n) is 7.59. The fourth-order valence-corrected chi connectivity index (χ4v) is 4.69. The largest absolute Gasteiger partial charge is 0.385 e. The van der Waals surface area contributed by atoms with Crippen LogP contribution in [-0.2, 0) is 4.74 Å². The third-order valence-corrected chi connectivity index (χ3v) is 6.05. The smallest absolute Gasteiger partial charge is 0.170 e. The molecule has 5 nitrogen and oxygen atoms in total. The van der Waals surface area contributed by atoms with Gasteiger partial charge in [0, 0.05) is 43.9 Å². The van der Waals surface area contributed by atoms with Gasteiger partial charge in [-0.05, 0) is 69.1 Å². The molecule has 0 aromatic carbocycles. The van der Waals surface area contributed by atoms with Crippen molar-refractivity contribution in [2.75, 3.05) is 20.3 Å². The first-order valence-corrected chi connectivity index (χ1v) is 10.2. The van der Waals surface area contributed by atoms with Gasteiger partial charge in [0.1, 0.15) is 0 Å². The summed E-state index contributed by atoms with van der Waals surface area (Å²) in [5.74, 6) is 0. The number of rotatable bonds is 7. The lowest BCUT2D eigenvalue weighted by molar-refractivity contribution is 0.180. The predicted octanol–water partition coefficient (Wildman–Crippen LogP) is 3.84. The first-order chi connectivity index (χ1) is 13.1. The predicted molar refractivity (Wildman–Crippen MR) is 111 cm³/mol. The Balaban J connectivity index is 1.73. The van der Waals surface area contributed by atoms with Gasteiger partial charge in [-0.25, -0.2) is 0 Å². The van der Waals surface area contributed by atoms with E-state index in [9.17, 15) is 0 Å². The standard InChI is InChI=1S/C21H28N4OS/c1-14-13-17(15(2)25(14)16-8-9-16)20-19(18-7-4-5-10-22-18)23-21(27)24(20)11-6-12-26-3/h4-5,7,10,13,16,19-20H,6,8-9,11-12H2,1-3H3,(H,23,27)/t19-,20+/m1/s1. The van der Waals surface area contributed by atoms with E-state index >= 15 is 0 Å². The lowest BCUT2D eigenvalue weighted by Crippen LogP contribution is -2.31. The summed E-state index contributed by atoms with van der Waals surface area (Å²) >= 11 is 5.73. The average Bonchev–Trinajstić information content (AvgIpc) is 3.39. The highest BCUT2D eigenvalue weighted by Gasteiger charge is 2.41. The molecule has 144 valence electrons. The summed E-state index contributed by atoms with van der Waals surface area (Å²) in [6, 6.07) is 9.35. The van der Waals surface area contributed by atoms with Gasteiger partial charge in [0.2, 0.25) is 0 Å². The number of aromatic nitrogens is 2. The van der Waals surface area contributed by atoms with E-state index in [1.807, 2.05) is 18.3 Å². The zero-order valence-corrected chi connectivity index (χ0v) is 17.1. The fraction of sp³-hybridized carbons (Fsp3) is 0.524. The van der Waals surface area contributed by atoms with Gasteiger partial charge in [-0.15, -0.1) is 0 Å². The Labute approximate surface area is 166 Å². The number of pyridine rings is 1. The van der Waals surface area contributed by atoms with E-state index in [0.717, 1.165) is 30.4 Å². The normalized spacial score (nSPS) is 22.3. The van der Waals surface area contributed by atoms with Crippen LogP contribution in [0.1, 0.15) is 60.0 Å². The molecule has 1 saturated carbocycles. The Morgan fingerprint density at radius 3 is 2.78 bits per heavy atom. The van der Waals surface area contributed by atoms with Crippen LogP contribution >= 0.6 is 12.2 Å². The summed E-state index contributed by atoms with van der Waals surface area (Å²) in [4.78, 5) is 6.95. The molecule has 4 rings (SSSR count). The van der Waals surface area contributed by atoms with Crippen molar-refractivity contribution in [3.05, 3.63) is 53.1 Å². The van der Waals surface area contributed by atoms with Crippen LogP contribution in [0, 0.1) is 13.8 Å². The highest BCUT2D eigenvalue weighted by Crippen LogP contribution is 2.44. The maximum absolute atomic E-state index is 5.73. The van der Waals surface area contributed by atoms with Gasteiger partial charge in [0.05, 0.1) is 17.8 Å². The van der Waals surface area contributed by atoms with E-state index in [1.54, 1.807) is 7.11 Å². The van der Waals surface area contributed by atoms with Crippen molar-refractivity contribution in [3.8, 4) is 0 Å². The minimum Gasteiger partial charge on any atom is -0.385 e. The van der Waals surface area contributed by atoms with E-state index in [2.05, 4.69) is 45.7 Å². The van der Waals surface area contributed by atoms with Crippen LogP contribution in [0.15, 0.2) is 30.5 Å². The van der Waals surface area contributed by atoms with Gasteiger partial charge in [-0.1, -0.05) is 6.07 Å². The minimum absolute atomic E-state index is 0.0643. The molecule has 1 aliphatic heterocycles. The molecule has 2 aromatic heterocycles. The van der Waals surface area contributed by atoms with Crippen molar-refractivity contribution >= 4 is 17.3 Å². The number of thiocarbonyl (C=S) groups is 1. The quantitative estimate of drug-likeness (QED) is 0.580. The van der Waals surface area contributed by atoms with E-state index in [4.69, 9.17) is 17.0 Å². The number of hydrogen-bond acceptors (Lipinski definition) is 3. The molecule has 0 amide bonds. The van der Waals surface area contributed by atoms with Crippen LogP contribution in [0.2, 0.25) is 0 Å². The molecule has 0 spiro atoms. The Morgan fingerprint density at radius 1 is 1.30 bits per heavy atom. The van der Waals surface area contributed by atoms with E-state index in [-0.39, 0.29) is 12.1 Å². The lowest BCUT2D eigenvalue weighted by atomic mass is 9.96. The van der Waals surface area contributed by atoms with Gasteiger partial charge in [0.15, 0.2) is 5.11 Å². The molecule has 27 heavy (non-hydrogen) atoms. The van der Waals surface area contributed by atoms with Crippen molar-refractivity contribution in [1.82, 2.24) is 19.8 Å². The Hall–Kier alpha value is -1.92. The Morgan fingerprint density at radius 2 is 2.11 bits per heavy atom. The zero-order valence-electron chi connectivity index (χ0n) is 16.3. The van der Waals surface area contributed by atoms with E-state index < -0.39 is 0 Å². The highest BCUT2D eigenvalue weighted by molar-refractivity contribution is 7.80. The van der Waals surface area contributed by atoms with Gasteiger partial charge in [0.25, 0.3) is 0 Å². The van der Waals surface area contributed by atoms with Crippen LogP contribution in [0.4, 0.5) is 0 Å². The number of aryl methyl sites for hydroxylation is 1. The third kappa shape index (κ3) is 3.48. The van der Waals surface area contributed by atoms with Crippen LogP contribution < -0.4 is 5.32 Å². The minimum atomic E-state index is 0.0643. The number of methoxy groups -OCH3 is 1. The molecule has 3 heterocycles. The molecule has 0 radical (unpaired) electrons. The van der Waals surface area contributed by atoms with Crippen LogP contribution in [0.3, 0.4) is 0 Å². The molecule has 2 fully saturated rings. The summed E-state index contributed by atoms with van der Waals surface area (Å²) in [7, 11) is 1.75. The maximum Gasteiger partial charge on any atom is 0.170 e. The second kappa shape index (κ2) is 7.60. The van der Waals surface area contributed by atoms with Gasteiger partial charge in [-0.3, -0.25) is 4.98 Å². The molecule has 0 bridgehead atoms. The molecule has 1 aliphatic carbocycles. The monoisotopic (exact) mass is 384 g/mol. The molecular weight excluding hydrogens is 356 g/mol. The van der Waals surface area contributed by atoms with Gasteiger partial charge >= 0.3 is 0 Å². The second-order valence-corrected chi connectivity index (χ2v) is 7.98. The average molecular weight is 385 g/mol. The molecule has 1 saturated heterocycles. The first-order valence-electron chi connectivity index (χ1n) is 9.77. The number of nitrogens with zero attached hydrogens (tertiary/aromatic N) is 3. The van der Waals surface area contributed by atoms with E-state index in [1.165, 1.54) is 29.8 Å². The molecular formula is C21H28N4OS. The van der Waals surface area contributed by atoms with Crippen molar-refractivity contribution in [2.45, 2.75) is 51.2 Å². The van der Waals surface area contributed by atoms with Crippen molar-refractivity contribution in [1.29, 1.82) is 0 Å². The molecule has 2 aliphatic rings. The van der Waals surface area contributed by atoms with Gasteiger partial charge in [-0.2, -0.15) is 0 Å². The Kier molecular flexibility index (Phi) is 5.19. The summed E-state index contributed by atoms with van der Waals surface area (Å²) in [5, 5.41) is 4.35. The van der Waals surface area contributed by atoms with E-state index in [0.29, 0.717) is 6.04 Å². The summed E-state index contributed by atoms with van der Waals surface area (Å²) in [6.07, 6.45) is 5.39. The van der Waals surface area contributed by atoms with Crippen molar-refractivity contribution in [3.63, 3.8) is 0 Å². The SMILES string of the molecule is COCCCN1C(=S)N[C@H](c2ccccn2)[C@@H]1c1cc(C)n(C2CC2)c1C. The third-order valence-electron chi connectivity index (χ3n) is 5.70. The van der Waals surface area contributed by atoms with Crippen LogP contribution in [-0.4, -0.2) is 39.8 Å². The van der Waals surface area contributed by atoms with Crippen molar-refractivity contribution < 1.29 is 4.74 Å². The first kappa shape index (κ1) is 18.4. The number of nitrogens with one attached hydrogen (secondary N) is 1. The lowest BCUT2D eigenvalue weighted by Gasteiger charge is -2.28. The number of ether oxygens (including phenoxy) is 1. The maximum atomic E-state index is 5.73. The summed E-state index contributed by atoms with van der Waals surface area (Å²) in [6.45, 7) is 6.09. The molecule has 1 N–H and O–H groups in total. The highest BCUT2D eigenvalue weighted by atomic mass is 32.1. The van der Waals surface area contributed by atoms with Crippen LogP contribution in [0.5, 0.6) is 0 Å². The molecule has 2 atom stereocenters. The Bertz CT molecular complexity index is 815. The summed E-state index contributed by atoms with van der Waals surface area (Å²) in [5.41, 5.74) is 5.11. The fourth-order valence-electron chi connectivity index (χ4n) is 4.36. The molecule has 0 unspecified atom stereocenters. The van der Waals surface area contributed by atoms with Gasteiger partial charge < -0.3 is 19.5 Å². The molecule has 2 aromatic rings.